The van der Waals surface area contributed by atoms with Crippen molar-refractivity contribution >= 4 is 21.6 Å². The summed E-state index contributed by atoms with van der Waals surface area (Å²) in [6, 6.07) is 2.90. The van der Waals surface area contributed by atoms with Crippen LogP contribution in [0.1, 0.15) is 12.8 Å². The van der Waals surface area contributed by atoms with Crippen molar-refractivity contribution in [3.63, 3.8) is 0 Å². The molecule has 100 valence electrons. The van der Waals surface area contributed by atoms with Gasteiger partial charge in [0.05, 0.1) is 0 Å². The molecule has 0 amide bonds. The number of rotatable bonds is 3. The molecular formula is C11H16ClN3O2S. The number of sulfonamides is 1. The van der Waals surface area contributed by atoms with Gasteiger partial charge in [0.15, 0.2) is 0 Å². The van der Waals surface area contributed by atoms with E-state index in [1.807, 2.05) is 7.05 Å². The summed E-state index contributed by atoms with van der Waals surface area (Å²) in [4.78, 5) is 6.06. The second kappa shape index (κ2) is 5.52. The van der Waals surface area contributed by atoms with Gasteiger partial charge in [0.2, 0.25) is 10.0 Å². The summed E-state index contributed by atoms with van der Waals surface area (Å²) in [5.74, 6) is 0. The minimum absolute atomic E-state index is 0.0376. The van der Waals surface area contributed by atoms with E-state index in [4.69, 9.17) is 11.6 Å². The molecule has 1 unspecified atom stereocenters. The van der Waals surface area contributed by atoms with Gasteiger partial charge in [-0.15, -0.1) is 0 Å². The van der Waals surface area contributed by atoms with Crippen LogP contribution in [0.15, 0.2) is 23.2 Å². The maximum Gasteiger partial charge on any atom is 0.242 e. The molecule has 1 atom stereocenters. The number of pyridine rings is 1. The van der Waals surface area contributed by atoms with E-state index < -0.39 is 10.0 Å². The molecule has 7 heteroatoms. The Balaban J connectivity index is 2.09. The van der Waals surface area contributed by atoms with Gasteiger partial charge >= 0.3 is 0 Å². The van der Waals surface area contributed by atoms with Crippen molar-refractivity contribution in [1.82, 2.24) is 14.6 Å². The molecule has 1 fully saturated rings. The fraction of sp³-hybridized carbons (Fsp3) is 0.545. The Labute approximate surface area is 112 Å². The highest BCUT2D eigenvalue weighted by atomic mass is 35.5. The van der Waals surface area contributed by atoms with Crippen LogP contribution in [0.3, 0.4) is 0 Å². The van der Waals surface area contributed by atoms with Gasteiger partial charge in [0.1, 0.15) is 10.0 Å². The van der Waals surface area contributed by atoms with E-state index in [1.165, 1.54) is 18.3 Å². The highest BCUT2D eigenvalue weighted by molar-refractivity contribution is 7.89. The number of aromatic nitrogens is 1. The van der Waals surface area contributed by atoms with Crippen LogP contribution in [0, 0.1) is 0 Å². The zero-order chi connectivity index (χ0) is 13.2. The lowest BCUT2D eigenvalue weighted by Gasteiger charge is -2.29. The quantitative estimate of drug-likeness (QED) is 0.847. The van der Waals surface area contributed by atoms with Crippen molar-refractivity contribution in [2.24, 2.45) is 0 Å². The summed E-state index contributed by atoms with van der Waals surface area (Å²) >= 11 is 5.64. The summed E-state index contributed by atoms with van der Waals surface area (Å²) in [7, 11) is -1.51. The van der Waals surface area contributed by atoms with E-state index in [9.17, 15) is 8.42 Å². The van der Waals surface area contributed by atoms with Gasteiger partial charge in [-0.25, -0.2) is 18.1 Å². The minimum atomic E-state index is -3.50. The molecule has 0 spiro atoms. The summed E-state index contributed by atoms with van der Waals surface area (Å²) in [5.41, 5.74) is 0. The van der Waals surface area contributed by atoms with Gasteiger partial charge in [-0.1, -0.05) is 11.6 Å². The largest absolute Gasteiger partial charge is 0.305 e. The summed E-state index contributed by atoms with van der Waals surface area (Å²) in [6.45, 7) is 1.75. The zero-order valence-electron chi connectivity index (χ0n) is 10.1. The molecule has 2 rings (SSSR count). The van der Waals surface area contributed by atoms with Gasteiger partial charge in [0.25, 0.3) is 0 Å². The number of likely N-dealkylation sites (tertiary alicyclic amines) is 1. The van der Waals surface area contributed by atoms with Crippen LogP contribution >= 0.6 is 11.6 Å². The molecule has 1 aliphatic rings. The van der Waals surface area contributed by atoms with Gasteiger partial charge in [-0.3, -0.25) is 0 Å². The van der Waals surface area contributed by atoms with E-state index in [2.05, 4.69) is 14.6 Å². The SMILES string of the molecule is CN1CCCC(NS(=O)(=O)c2ccc(Cl)nc2)C1. The lowest BCUT2D eigenvalue weighted by atomic mass is 10.1. The van der Waals surface area contributed by atoms with E-state index >= 15 is 0 Å². The summed E-state index contributed by atoms with van der Waals surface area (Å²) in [5, 5.41) is 0.284. The molecule has 1 N–H and O–H groups in total. The fourth-order valence-corrected chi connectivity index (χ4v) is 3.39. The molecule has 1 aromatic rings. The normalized spacial score (nSPS) is 22.0. The third kappa shape index (κ3) is 3.41. The topological polar surface area (TPSA) is 62.3 Å². The van der Waals surface area contributed by atoms with Crippen LogP contribution in [0.4, 0.5) is 0 Å². The van der Waals surface area contributed by atoms with Crippen LogP contribution in [-0.2, 0) is 10.0 Å². The molecule has 0 saturated carbocycles. The van der Waals surface area contributed by atoms with Crippen LogP contribution in [0.5, 0.6) is 0 Å². The maximum absolute atomic E-state index is 12.1. The second-order valence-corrected chi connectivity index (χ2v) is 6.64. The van der Waals surface area contributed by atoms with E-state index in [1.54, 1.807) is 0 Å². The Bertz CT molecular complexity index is 504. The standard InChI is InChI=1S/C11H16ClN3O2S/c1-15-6-2-3-9(8-15)14-18(16,17)10-4-5-11(12)13-7-10/h4-5,7,9,14H,2-3,6,8H2,1H3. The van der Waals surface area contributed by atoms with Crippen LogP contribution < -0.4 is 4.72 Å². The van der Waals surface area contributed by atoms with Crippen LogP contribution in [0.2, 0.25) is 5.15 Å². The van der Waals surface area contributed by atoms with Gasteiger partial charge < -0.3 is 4.90 Å². The van der Waals surface area contributed by atoms with Crippen molar-refractivity contribution < 1.29 is 8.42 Å². The van der Waals surface area contributed by atoms with E-state index in [0.717, 1.165) is 25.9 Å². The zero-order valence-corrected chi connectivity index (χ0v) is 11.7. The Kier molecular flexibility index (Phi) is 4.21. The number of hydrogen-bond acceptors (Lipinski definition) is 4. The number of halogens is 1. The van der Waals surface area contributed by atoms with Crippen molar-refractivity contribution in [3.8, 4) is 0 Å². The smallest absolute Gasteiger partial charge is 0.242 e. The summed E-state index contributed by atoms with van der Waals surface area (Å²) in [6.07, 6.45) is 3.14. The third-order valence-corrected chi connectivity index (χ3v) is 4.69. The van der Waals surface area contributed by atoms with Crippen LogP contribution in [0.25, 0.3) is 0 Å². The average Bonchev–Trinajstić information content (AvgIpc) is 2.29. The molecule has 1 aliphatic heterocycles. The highest BCUT2D eigenvalue weighted by Gasteiger charge is 2.23. The maximum atomic E-state index is 12.1. The first-order valence-corrected chi connectivity index (χ1v) is 7.66. The first-order chi connectivity index (χ1) is 8.47. The number of nitrogens with one attached hydrogen (secondary N) is 1. The number of piperidine rings is 1. The molecular weight excluding hydrogens is 274 g/mol. The lowest BCUT2D eigenvalue weighted by Crippen LogP contribution is -2.46. The molecule has 1 saturated heterocycles. The molecule has 0 radical (unpaired) electrons. The average molecular weight is 290 g/mol. The summed E-state index contributed by atoms with van der Waals surface area (Å²) < 4.78 is 26.9. The highest BCUT2D eigenvalue weighted by Crippen LogP contribution is 2.14. The minimum Gasteiger partial charge on any atom is -0.305 e. The van der Waals surface area contributed by atoms with Crippen molar-refractivity contribution in [2.75, 3.05) is 20.1 Å². The Morgan fingerprint density at radius 3 is 2.89 bits per heavy atom. The molecule has 0 aromatic carbocycles. The van der Waals surface area contributed by atoms with E-state index in [-0.39, 0.29) is 16.1 Å². The van der Waals surface area contributed by atoms with E-state index in [0.29, 0.717) is 0 Å². The molecule has 0 bridgehead atoms. The monoisotopic (exact) mass is 289 g/mol. The predicted octanol–water partition coefficient (Wildman–Crippen LogP) is 1.11. The van der Waals surface area contributed by atoms with Gasteiger partial charge in [0, 0.05) is 18.8 Å². The third-order valence-electron chi connectivity index (χ3n) is 2.96. The predicted molar refractivity (Wildman–Crippen MR) is 70.1 cm³/mol. The number of nitrogens with zero attached hydrogens (tertiary/aromatic N) is 2. The molecule has 0 aliphatic carbocycles. The molecule has 18 heavy (non-hydrogen) atoms. The molecule has 2 heterocycles. The second-order valence-electron chi connectivity index (χ2n) is 4.54. The van der Waals surface area contributed by atoms with Gasteiger partial charge in [-0.2, -0.15) is 0 Å². The Morgan fingerprint density at radius 1 is 1.50 bits per heavy atom. The number of likely N-dealkylation sites (N-methyl/N-ethyl adjacent to an activating group) is 1. The van der Waals surface area contributed by atoms with Gasteiger partial charge in [-0.05, 0) is 38.6 Å². The number of hydrogen-bond donors (Lipinski definition) is 1. The first kappa shape index (κ1) is 13.7. The Morgan fingerprint density at radius 2 is 2.28 bits per heavy atom. The molecule has 5 nitrogen and oxygen atoms in total. The van der Waals surface area contributed by atoms with Crippen molar-refractivity contribution in [2.45, 2.75) is 23.8 Å². The van der Waals surface area contributed by atoms with Crippen molar-refractivity contribution in [1.29, 1.82) is 0 Å². The van der Waals surface area contributed by atoms with Crippen molar-refractivity contribution in [3.05, 3.63) is 23.5 Å². The van der Waals surface area contributed by atoms with Crippen LogP contribution in [-0.4, -0.2) is 44.5 Å². The Hall–Kier alpha value is -0.690. The first-order valence-electron chi connectivity index (χ1n) is 5.80. The molecule has 1 aromatic heterocycles. The lowest BCUT2D eigenvalue weighted by molar-refractivity contribution is 0.242. The fourth-order valence-electron chi connectivity index (χ4n) is 2.07.